The van der Waals surface area contributed by atoms with E-state index < -0.39 is 29.8 Å². The van der Waals surface area contributed by atoms with Gasteiger partial charge in [-0.3, -0.25) is 0 Å². The van der Waals surface area contributed by atoms with Gasteiger partial charge in [-0.25, -0.2) is 4.79 Å². The van der Waals surface area contributed by atoms with Crippen LogP contribution in [-0.4, -0.2) is 19.4 Å². The Kier molecular flexibility index (Phi) is 4.96. The molecule has 0 aromatic heterocycles. The molecule has 0 atom stereocenters. The average Bonchev–Trinajstić information content (AvgIpc) is 2.52. The molecule has 0 saturated heterocycles. The Morgan fingerprint density at radius 2 is 1.52 bits per heavy atom. The average molecular weight is 364 g/mol. The van der Waals surface area contributed by atoms with Gasteiger partial charge in [-0.2, -0.15) is 13.2 Å². The summed E-state index contributed by atoms with van der Waals surface area (Å²) in [6, 6.07) is 6.49. The number of hydrogen-bond acceptors (Lipinski definition) is 3. The van der Waals surface area contributed by atoms with Crippen molar-refractivity contribution in [3.05, 3.63) is 53.6 Å². The SMILES string of the molecule is COC(=O)c1ccc(C(F)(F)F)cc1-c1ccc(OC(F)(F)F)cc1. The van der Waals surface area contributed by atoms with Gasteiger partial charge in [-0.1, -0.05) is 12.1 Å². The van der Waals surface area contributed by atoms with Gasteiger partial charge >= 0.3 is 18.5 Å². The van der Waals surface area contributed by atoms with E-state index in [0.29, 0.717) is 0 Å². The molecule has 134 valence electrons. The zero-order chi connectivity index (χ0) is 18.8. The number of carbonyl (C=O) groups is 1. The molecule has 2 aromatic carbocycles. The number of esters is 1. The van der Waals surface area contributed by atoms with Gasteiger partial charge in [0.2, 0.25) is 0 Å². The first-order valence-electron chi connectivity index (χ1n) is 6.67. The zero-order valence-electron chi connectivity index (χ0n) is 12.5. The number of hydrogen-bond donors (Lipinski definition) is 0. The highest BCUT2D eigenvalue weighted by Crippen LogP contribution is 2.35. The van der Waals surface area contributed by atoms with Crippen molar-refractivity contribution in [3.8, 4) is 16.9 Å². The van der Waals surface area contributed by atoms with Crippen LogP contribution in [0.5, 0.6) is 5.75 Å². The number of ether oxygens (including phenoxy) is 2. The fraction of sp³-hybridized carbons (Fsp3) is 0.188. The fourth-order valence-corrected chi connectivity index (χ4v) is 2.08. The third kappa shape index (κ3) is 4.65. The molecule has 3 nitrogen and oxygen atoms in total. The molecule has 2 aromatic rings. The van der Waals surface area contributed by atoms with Crippen LogP contribution in [0.4, 0.5) is 26.3 Å². The molecule has 0 fully saturated rings. The Bertz CT molecular complexity index is 763. The first kappa shape index (κ1) is 18.6. The van der Waals surface area contributed by atoms with E-state index in [2.05, 4.69) is 9.47 Å². The summed E-state index contributed by atoms with van der Waals surface area (Å²) in [6.07, 6.45) is -9.54. The molecule has 0 aliphatic carbocycles. The minimum absolute atomic E-state index is 0.0982. The molecule has 0 radical (unpaired) electrons. The van der Waals surface area contributed by atoms with Gasteiger partial charge < -0.3 is 9.47 Å². The number of alkyl halides is 6. The van der Waals surface area contributed by atoms with Crippen molar-refractivity contribution in [1.29, 1.82) is 0 Å². The summed E-state index contributed by atoms with van der Waals surface area (Å²) < 4.78 is 83.3. The van der Waals surface area contributed by atoms with E-state index in [-0.39, 0.29) is 16.7 Å². The lowest BCUT2D eigenvalue weighted by Crippen LogP contribution is -2.17. The van der Waals surface area contributed by atoms with E-state index in [0.717, 1.165) is 49.6 Å². The molecule has 0 aliphatic rings. The highest BCUT2D eigenvalue weighted by molar-refractivity contribution is 5.97. The molecule has 0 saturated carbocycles. The zero-order valence-corrected chi connectivity index (χ0v) is 12.5. The molecule has 0 spiro atoms. The fourth-order valence-electron chi connectivity index (χ4n) is 2.08. The van der Waals surface area contributed by atoms with Crippen molar-refractivity contribution >= 4 is 5.97 Å². The second-order valence-electron chi connectivity index (χ2n) is 4.82. The van der Waals surface area contributed by atoms with Crippen LogP contribution in [0.25, 0.3) is 11.1 Å². The molecule has 0 bridgehead atoms. The van der Waals surface area contributed by atoms with Crippen molar-refractivity contribution in [3.63, 3.8) is 0 Å². The van der Waals surface area contributed by atoms with Crippen LogP contribution in [0.1, 0.15) is 15.9 Å². The normalized spacial score (nSPS) is 12.0. The quantitative estimate of drug-likeness (QED) is 0.564. The molecule has 0 N–H and O–H groups in total. The number of methoxy groups -OCH3 is 1. The van der Waals surface area contributed by atoms with Crippen molar-refractivity contribution in [2.45, 2.75) is 12.5 Å². The lowest BCUT2D eigenvalue weighted by atomic mass is 9.97. The molecular weight excluding hydrogens is 354 g/mol. The smallest absolute Gasteiger partial charge is 0.465 e. The number of halogens is 6. The van der Waals surface area contributed by atoms with Crippen molar-refractivity contribution in [2.75, 3.05) is 7.11 Å². The van der Waals surface area contributed by atoms with Gasteiger partial charge in [-0.15, -0.1) is 13.2 Å². The molecule has 0 amide bonds. The van der Waals surface area contributed by atoms with E-state index in [1.165, 1.54) is 0 Å². The van der Waals surface area contributed by atoms with Crippen LogP contribution in [-0.2, 0) is 10.9 Å². The first-order valence-corrected chi connectivity index (χ1v) is 6.67. The Hall–Kier alpha value is -2.71. The summed E-state index contributed by atoms with van der Waals surface area (Å²) in [7, 11) is 1.06. The third-order valence-corrected chi connectivity index (χ3v) is 3.15. The second kappa shape index (κ2) is 6.66. The van der Waals surface area contributed by atoms with Gasteiger partial charge in [0.25, 0.3) is 0 Å². The van der Waals surface area contributed by atoms with Crippen molar-refractivity contribution < 1.29 is 40.6 Å². The summed E-state index contributed by atoms with van der Waals surface area (Å²) in [4.78, 5) is 11.7. The summed E-state index contributed by atoms with van der Waals surface area (Å²) in [6.45, 7) is 0. The van der Waals surface area contributed by atoms with E-state index in [1.54, 1.807) is 0 Å². The molecule has 25 heavy (non-hydrogen) atoms. The predicted octanol–water partition coefficient (Wildman–Crippen LogP) is 5.06. The number of rotatable bonds is 3. The Morgan fingerprint density at radius 3 is 2.00 bits per heavy atom. The number of benzene rings is 2. The van der Waals surface area contributed by atoms with Crippen LogP contribution in [0, 0.1) is 0 Å². The van der Waals surface area contributed by atoms with Crippen LogP contribution >= 0.6 is 0 Å². The number of carbonyl (C=O) groups excluding carboxylic acids is 1. The topological polar surface area (TPSA) is 35.5 Å². The van der Waals surface area contributed by atoms with E-state index in [4.69, 9.17) is 0 Å². The lowest BCUT2D eigenvalue weighted by Gasteiger charge is -2.14. The highest BCUT2D eigenvalue weighted by atomic mass is 19.4. The van der Waals surface area contributed by atoms with Gasteiger partial charge in [0, 0.05) is 0 Å². The van der Waals surface area contributed by atoms with Crippen LogP contribution in [0.15, 0.2) is 42.5 Å². The van der Waals surface area contributed by atoms with Gasteiger partial charge in [0.05, 0.1) is 18.2 Å². The summed E-state index contributed by atoms with van der Waals surface area (Å²) in [5.41, 5.74) is -1.19. The molecular formula is C16H10F6O3. The summed E-state index contributed by atoms with van der Waals surface area (Å²) in [5, 5.41) is 0. The second-order valence-corrected chi connectivity index (χ2v) is 4.82. The van der Waals surface area contributed by atoms with Gasteiger partial charge in [-0.05, 0) is 41.5 Å². The highest BCUT2D eigenvalue weighted by Gasteiger charge is 2.32. The van der Waals surface area contributed by atoms with E-state index in [9.17, 15) is 31.1 Å². The van der Waals surface area contributed by atoms with E-state index >= 15 is 0 Å². The monoisotopic (exact) mass is 364 g/mol. The Balaban J connectivity index is 2.50. The maximum atomic E-state index is 12.9. The Morgan fingerprint density at radius 1 is 0.920 bits per heavy atom. The molecule has 0 unspecified atom stereocenters. The van der Waals surface area contributed by atoms with E-state index in [1.807, 2.05) is 0 Å². The van der Waals surface area contributed by atoms with Gasteiger partial charge in [0.1, 0.15) is 5.75 Å². The summed E-state index contributed by atoms with van der Waals surface area (Å²) in [5.74, 6) is -1.41. The van der Waals surface area contributed by atoms with Crippen LogP contribution in [0.2, 0.25) is 0 Å². The first-order chi connectivity index (χ1) is 11.5. The van der Waals surface area contributed by atoms with Crippen molar-refractivity contribution in [2.24, 2.45) is 0 Å². The minimum atomic E-state index is -4.89. The minimum Gasteiger partial charge on any atom is -0.465 e. The molecule has 9 heteroatoms. The Labute approximate surface area is 137 Å². The molecule has 0 aliphatic heterocycles. The largest absolute Gasteiger partial charge is 0.573 e. The van der Waals surface area contributed by atoms with Crippen LogP contribution < -0.4 is 4.74 Å². The molecule has 0 heterocycles. The predicted molar refractivity (Wildman–Crippen MR) is 74.9 cm³/mol. The maximum absolute atomic E-state index is 12.9. The molecule has 2 rings (SSSR count). The third-order valence-electron chi connectivity index (χ3n) is 3.15. The lowest BCUT2D eigenvalue weighted by molar-refractivity contribution is -0.274. The van der Waals surface area contributed by atoms with Crippen LogP contribution in [0.3, 0.4) is 0 Å². The van der Waals surface area contributed by atoms with Crippen molar-refractivity contribution in [1.82, 2.24) is 0 Å². The van der Waals surface area contributed by atoms with Gasteiger partial charge in [0.15, 0.2) is 0 Å². The summed E-state index contributed by atoms with van der Waals surface area (Å²) >= 11 is 0. The standard InChI is InChI=1S/C16H10F6O3/c1-24-14(23)12-7-4-10(15(17,18)19)8-13(12)9-2-5-11(6-3-9)25-16(20,21)22/h2-8H,1H3. The maximum Gasteiger partial charge on any atom is 0.573 e.